The Balaban J connectivity index is 1.37. The summed E-state index contributed by atoms with van der Waals surface area (Å²) in [5.74, 6) is 1.38. The Morgan fingerprint density at radius 1 is 1.17 bits per heavy atom. The predicted molar refractivity (Wildman–Crippen MR) is 94.2 cm³/mol. The van der Waals surface area contributed by atoms with Gasteiger partial charge >= 0.3 is 0 Å². The van der Waals surface area contributed by atoms with Crippen molar-refractivity contribution in [1.82, 2.24) is 24.8 Å². The van der Waals surface area contributed by atoms with Crippen LogP contribution in [0.2, 0.25) is 5.28 Å². The lowest BCUT2D eigenvalue weighted by molar-refractivity contribution is 0.211. The summed E-state index contributed by atoms with van der Waals surface area (Å²) in [5, 5.41) is 3.85. The molecule has 3 aliphatic heterocycles. The van der Waals surface area contributed by atoms with E-state index in [1.807, 2.05) is 0 Å². The standard InChI is InChI=1S/C17H19ClN6/c18-17-22-15-14(19-11-20-15)16(23-17)21-13-6-8-24(9-7-13)10-12-4-2-1-3-5-12/h1-5,11,13H,6-10H2,(H2,19,20,21,22,23). The molecule has 1 fully saturated rings. The molecule has 3 heterocycles. The lowest BCUT2D eigenvalue weighted by atomic mass is 10.0. The van der Waals surface area contributed by atoms with Gasteiger partial charge < -0.3 is 10.3 Å². The van der Waals surface area contributed by atoms with Crippen LogP contribution in [0.25, 0.3) is 11.5 Å². The average Bonchev–Trinajstić information content (AvgIpc) is 3.06. The third kappa shape index (κ3) is 3.34. The van der Waals surface area contributed by atoms with Crippen molar-refractivity contribution in [3.8, 4) is 11.5 Å². The van der Waals surface area contributed by atoms with Crippen molar-refractivity contribution in [2.75, 3.05) is 18.4 Å². The van der Waals surface area contributed by atoms with Crippen LogP contribution in [0.5, 0.6) is 0 Å². The summed E-state index contributed by atoms with van der Waals surface area (Å²) in [6, 6.07) is 11.0. The van der Waals surface area contributed by atoms with Gasteiger partial charge in [-0.25, -0.2) is 9.97 Å². The zero-order chi connectivity index (χ0) is 16.4. The Kier molecular flexibility index (Phi) is 4.32. The number of nitrogens with zero attached hydrogens (tertiary/aromatic N) is 4. The van der Waals surface area contributed by atoms with Crippen LogP contribution in [-0.2, 0) is 6.54 Å². The van der Waals surface area contributed by atoms with Gasteiger partial charge in [-0.1, -0.05) is 30.3 Å². The van der Waals surface area contributed by atoms with Crippen molar-refractivity contribution >= 4 is 17.4 Å². The van der Waals surface area contributed by atoms with Crippen molar-refractivity contribution in [1.29, 1.82) is 0 Å². The van der Waals surface area contributed by atoms with Gasteiger partial charge in [-0.3, -0.25) is 4.90 Å². The van der Waals surface area contributed by atoms with Crippen molar-refractivity contribution in [2.24, 2.45) is 0 Å². The number of rotatable bonds is 4. The molecule has 4 rings (SSSR count). The lowest BCUT2D eigenvalue weighted by Gasteiger charge is -2.33. The topological polar surface area (TPSA) is 69.7 Å². The van der Waals surface area contributed by atoms with Crippen LogP contribution >= 0.6 is 11.6 Å². The first-order chi connectivity index (χ1) is 11.8. The molecule has 1 aromatic carbocycles. The average molecular weight is 343 g/mol. The molecule has 3 aliphatic rings. The summed E-state index contributed by atoms with van der Waals surface area (Å²) >= 11 is 6.03. The molecule has 24 heavy (non-hydrogen) atoms. The number of fused-ring (bicyclic) bond motifs is 1. The minimum absolute atomic E-state index is 0.326. The molecule has 0 aliphatic carbocycles. The first kappa shape index (κ1) is 15.4. The summed E-state index contributed by atoms with van der Waals surface area (Å²) in [6.07, 6.45) is 3.67. The maximum Gasteiger partial charge on any atom is 0.203 e. The maximum absolute atomic E-state index is 6.03. The highest BCUT2D eigenvalue weighted by molar-refractivity contribution is 6.28. The largest absolute Gasteiger partial charge is 0.367 e. The number of hydrogen-bond acceptors (Lipinski definition) is 5. The predicted octanol–water partition coefficient (Wildman–Crippen LogP) is 3.03. The third-order valence-electron chi connectivity index (χ3n) is 4.43. The molecular formula is C17H19ClN6. The molecule has 2 N–H and O–H groups in total. The van der Waals surface area contributed by atoms with Crippen LogP contribution in [0.1, 0.15) is 18.4 Å². The number of anilines is 1. The lowest BCUT2D eigenvalue weighted by Crippen LogP contribution is -2.38. The van der Waals surface area contributed by atoms with Gasteiger partial charge in [-0.15, -0.1) is 0 Å². The minimum atomic E-state index is 0.326. The van der Waals surface area contributed by atoms with Crippen molar-refractivity contribution in [3.63, 3.8) is 0 Å². The molecule has 6 nitrogen and oxygen atoms in total. The Morgan fingerprint density at radius 3 is 2.75 bits per heavy atom. The molecule has 0 spiro atoms. The number of aromatic nitrogens is 4. The molecule has 0 saturated carbocycles. The van der Waals surface area contributed by atoms with Gasteiger partial charge in [0.05, 0.1) is 0 Å². The molecule has 1 saturated heterocycles. The van der Waals surface area contributed by atoms with Gasteiger partial charge in [0.15, 0.2) is 5.82 Å². The summed E-state index contributed by atoms with van der Waals surface area (Å²) in [4.78, 5) is 18.1. The Hall–Kier alpha value is -2.18. The quantitative estimate of drug-likeness (QED) is 0.713. The van der Waals surface area contributed by atoms with E-state index in [1.54, 1.807) is 0 Å². The molecule has 0 aromatic heterocycles. The SMILES string of the molecule is Clc1nc2ncnc-2c(NC2CCN(Cc3ccccc3)CC2)[nH]1. The van der Waals surface area contributed by atoms with Gasteiger partial charge in [0.25, 0.3) is 0 Å². The number of halogens is 1. The molecule has 0 bridgehead atoms. The molecule has 0 amide bonds. The van der Waals surface area contributed by atoms with E-state index in [-0.39, 0.29) is 0 Å². The van der Waals surface area contributed by atoms with Crippen molar-refractivity contribution in [2.45, 2.75) is 25.4 Å². The number of imidazole rings is 1. The van der Waals surface area contributed by atoms with E-state index < -0.39 is 0 Å². The fraction of sp³-hybridized carbons (Fsp3) is 0.353. The Morgan fingerprint density at radius 2 is 1.96 bits per heavy atom. The van der Waals surface area contributed by atoms with Crippen LogP contribution in [0.4, 0.5) is 5.82 Å². The van der Waals surface area contributed by atoms with E-state index in [4.69, 9.17) is 11.6 Å². The normalized spacial score (nSPS) is 16.5. The third-order valence-corrected chi connectivity index (χ3v) is 4.61. The van der Waals surface area contributed by atoms with Crippen molar-refractivity contribution < 1.29 is 0 Å². The number of likely N-dealkylation sites (tertiary alicyclic amines) is 1. The number of H-pyrrole nitrogens is 1. The monoisotopic (exact) mass is 342 g/mol. The van der Waals surface area contributed by atoms with E-state index in [9.17, 15) is 0 Å². The number of hydrogen-bond donors (Lipinski definition) is 2. The number of benzene rings is 1. The fourth-order valence-corrected chi connectivity index (χ4v) is 3.36. The minimum Gasteiger partial charge on any atom is -0.367 e. The van der Waals surface area contributed by atoms with E-state index in [2.05, 4.69) is 60.5 Å². The van der Waals surface area contributed by atoms with Crippen LogP contribution < -0.4 is 5.32 Å². The molecule has 1 aromatic rings. The van der Waals surface area contributed by atoms with Gasteiger partial charge in [0, 0.05) is 25.7 Å². The van der Waals surface area contributed by atoms with Gasteiger partial charge in [0.2, 0.25) is 5.28 Å². The highest BCUT2D eigenvalue weighted by atomic mass is 35.5. The number of nitrogens with one attached hydrogen (secondary N) is 2. The van der Waals surface area contributed by atoms with E-state index >= 15 is 0 Å². The van der Waals surface area contributed by atoms with Crippen molar-refractivity contribution in [3.05, 3.63) is 47.5 Å². The van der Waals surface area contributed by atoms with Crippen LogP contribution in [-0.4, -0.2) is 44.0 Å². The maximum atomic E-state index is 6.03. The zero-order valence-corrected chi connectivity index (χ0v) is 14.0. The molecule has 0 atom stereocenters. The smallest absolute Gasteiger partial charge is 0.203 e. The fourth-order valence-electron chi connectivity index (χ4n) is 3.19. The first-order valence-corrected chi connectivity index (χ1v) is 8.55. The van der Waals surface area contributed by atoms with E-state index in [0.29, 0.717) is 17.1 Å². The molecule has 7 heteroatoms. The number of piperidine rings is 1. The first-order valence-electron chi connectivity index (χ1n) is 8.17. The Bertz CT molecular complexity index is 766. The van der Waals surface area contributed by atoms with E-state index in [0.717, 1.165) is 44.0 Å². The zero-order valence-electron chi connectivity index (χ0n) is 13.2. The van der Waals surface area contributed by atoms with Crippen LogP contribution in [0.15, 0.2) is 36.7 Å². The highest BCUT2D eigenvalue weighted by Crippen LogP contribution is 2.26. The Labute approximate surface area is 145 Å². The van der Waals surface area contributed by atoms with Crippen LogP contribution in [0.3, 0.4) is 0 Å². The summed E-state index contributed by atoms with van der Waals surface area (Å²) in [6.45, 7) is 3.15. The van der Waals surface area contributed by atoms with Crippen LogP contribution in [0, 0.1) is 0 Å². The summed E-state index contributed by atoms with van der Waals surface area (Å²) in [7, 11) is 0. The molecule has 0 unspecified atom stereocenters. The number of aromatic amines is 1. The highest BCUT2D eigenvalue weighted by Gasteiger charge is 2.22. The molecular weight excluding hydrogens is 324 g/mol. The summed E-state index contributed by atoms with van der Waals surface area (Å²) < 4.78 is 0. The molecule has 0 radical (unpaired) electrons. The van der Waals surface area contributed by atoms with Gasteiger partial charge in [-0.2, -0.15) is 4.98 Å². The summed E-state index contributed by atoms with van der Waals surface area (Å²) in [5.41, 5.74) is 2.11. The van der Waals surface area contributed by atoms with Gasteiger partial charge in [-0.05, 0) is 30.0 Å². The second-order valence-corrected chi connectivity index (χ2v) is 6.49. The van der Waals surface area contributed by atoms with Gasteiger partial charge in [0.1, 0.15) is 17.8 Å². The second-order valence-electron chi connectivity index (χ2n) is 6.13. The second kappa shape index (κ2) is 6.75. The van der Waals surface area contributed by atoms with E-state index in [1.165, 1.54) is 11.9 Å². The molecule has 124 valence electrons.